The van der Waals surface area contributed by atoms with Crippen molar-refractivity contribution in [3.05, 3.63) is 71.0 Å². The van der Waals surface area contributed by atoms with Gasteiger partial charge >= 0.3 is 0 Å². The number of nitrogens with zero attached hydrogens (tertiary/aromatic N) is 1. The summed E-state index contributed by atoms with van der Waals surface area (Å²) in [5.41, 5.74) is 7.62. The molecule has 5 heteroatoms. The zero-order chi connectivity index (χ0) is 18.5. The lowest BCUT2D eigenvalue weighted by atomic mass is 9.90. The van der Waals surface area contributed by atoms with Gasteiger partial charge in [-0.1, -0.05) is 30.3 Å². The number of halogens is 3. The van der Waals surface area contributed by atoms with Crippen LogP contribution < -0.4 is 5.73 Å². The SMILES string of the molecule is NC(CCN1CCCC(c2ccccc2)C1)Cc1cc(F)c(F)cc1F. The molecule has 3 rings (SSSR count). The molecule has 1 heterocycles. The first-order valence-corrected chi connectivity index (χ1v) is 9.19. The highest BCUT2D eigenvalue weighted by Gasteiger charge is 2.21. The van der Waals surface area contributed by atoms with Crippen LogP contribution in [0, 0.1) is 17.5 Å². The molecule has 2 unspecified atom stereocenters. The maximum atomic E-state index is 13.8. The molecule has 2 N–H and O–H groups in total. The van der Waals surface area contributed by atoms with Gasteiger partial charge in [-0.05, 0) is 61.9 Å². The molecule has 0 amide bonds. The Morgan fingerprint density at radius 3 is 2.54 bits per heavy atom. The molecule has 0 aromatic heterocycles. The summed E-state index contributed by atoms with van der Waals surface area (Å²) in [6, 6.07) is 11.7. The maximum Gasteiger partial charge on any atom is 0.161 e. The van der Waals surface area contributed by atoms with E-state index in [0.29, 0.717) is 18.4 Å². The predicted octanol–water partition coefficient (Wildman–Crippen LogP) is 4.24. The van der Waals surface area contributed by atoms with E-state index < -0.39 is 17.5 Å². The number of likely N-dealkylation sites (tertiary alicyclic amines) is 1. The van der Waals surface area contributed by atoms with E-state index in [0.717, 1.165) is 32.1 Å². The molecule has 1 fully saturated rings. The molecule has 0 bridgehead atoms. The van der Waals surface area contributed by atoms with Gasteiger partial charge in [0.1, 0.15) is 5.82 Å². The van der Waals surface area contributed by atoms with E-state index in [-0.39, 0.29) is 18.0 Å². The summed E-state index contributed by atoms with van der Waals surface area (Å²) >= 11 is 0. The average molecular weight is 362 g/mol. The van der Waals surface area contributed by atoms with E-state index in [9.17, 15) is 13.2 Å². The summed E-state index contributed by atoms with van der Waals surface area (Å²) in [6.07, 6.45) is 3.23. The van der Waals surface area contributed by atoms with Gasteiger partial charge in [0.2, 0.25) is 0 Å². The second-order valence-corrected chi connectivity index (χ2v) is 7.16. The van der Waals surface area contributed by atoms with Crippen molar-refractivity contribution in [2.24, 2.45) is 5.73 Å². The predicted molar refractivity (Wildman–Crippen MR) is 97.5 cm³/mol. The molecule has 2 atom stereocenters. The van der Waals surface area contributed by atoms with Crippen molar-refractivity contribution >= 4 is 0 Å². The van der Waals surface area contributed by atoms with Crippen LogP contribution in [-0.2, 0) is 6.42 Å². The Kier molecular flexibility index (Phi) is 6.33. The Hall–Kier alpha value is -1.85. The number of benzene rings is 2. The molecule has 0 spiro atoms. The highest BCUT2D eigenvalue weighted by molar-refractivity contribution is 5.21. The van der Waals surface area contributed by atoms with Crippen LogP contribution in [0.5, 0.6) is 0 Å². The molecule has 0 radical (unpaired) electrons. The van der Waals surface area contributed by atoms with E-state index in [1.807, 2.05) is 6.07 Å². The van der Waals surface area contributed by atoms with Crippen LogP contribution in [0.15, 0.2) is 42.5 Å². The fraction of sp³-hybridized carbons (Fsp3) is 0.429. The van der Waals surface area contributed by atoms with E-state index in [1.165, 1.54) is 12.0 Å². The minimum Gasteiger partial charge on any atom is -0.327 e. The third-order valence-electron chi connectivity index (χ3n) is 5.16. The van der Waals surface area contributed by atoms with E-state index in [4.69, 9.17) is 5.73 Å². The smallest absolute Gasteiger partial charge is 0.161 e. The van der Waals surface area contributed by atoms with Crippen molar-refractivity contribution in [1.82, 2.24) is 4.90 Å². The minimum absolute atomic E-state index is 0.136. The van der Waals surface area contributed by atoms with Gasteiger partial charge in [-0.25, -0.2) is 13.2 Å². The molecule has 1 aliphatic rings. The van der Waals surface area contributed by atoms with Crippen LogP contribution in [0.3, 0.4) is 0 Å². The second kappa shape index (κ2) is 8.69. The van der Waals surface area contributed by atoms with E-state index >= 15 is 0 Å². The lowest BCUT2D eigenvalue weighted by Crippen LogP contribution is -2.38. The van der Waals surface area contributed by atoms with Gasteiger partial charge in [-0.2, -0.15) is 0 Å². The summed E-state index contributed by atoms with van der Waals surface area (Å²) in [5.74, 6) is -2.40. The van der Waals surface area contributed by atoms with Crippen molar-refractivity contribution in [1.29, 1.82) is 0 Å². The normalized spacial score (nSPS) is 19.5. The van der Waals surface area contributed by atoms with Gasteiger partial charge in [0.15, 0.2) is 11.6 Å². The standard InChI is InChI=1S/C21H25F3N2/c22-19-13-21(24)20(23)12-17(19)11-18(25)8-10-26-9-4-7-16(14-26)15-5-2-1-3-6-15/h1-3,5-6,12-13,16,18H,4,7-11,14,25H2. The third kappa shape index (κ3) is 4.86. The minimum atomic E-state index is -1.17. The fourth-order valence-electron chi connectivity index (χ4n) is 3.71. The van der Waals surface area contributed by atoms with Crippen molar-refractivity contribution in [3.8, 4) is 0 Å². The molecule has 140 valence electrons. The molecule has 2 aromatic rings. The molecule has 2 aromatic carbocycles. The van der Waals surface area contributed by atoms with Gasteiger partial charge in [0.05, 0.1) is 0 Å². The largest absolute Gasteiger partial charge is 0.327 e. The second-order valence-electron chi connectivity index (χ2n) is 7.16. The van der Waals surface area contributed by atoms with Crippen molar-refractivity contribution < 1.29 is 13.2 Å². The maximum absolute atomic E-state index is 13.8. The zero-order valence-corrected chi connectivity index (χ0v) is 14.8. The lowest BCUT2D eigenvalue weighted by molar-refractivity contribution is 0.201. The van der Waals surface area contributed by atoms with Crippen molar-refractivity contribution in [3.63, 3.8) is 0 Å². The highest BCUT2D eigenvalue weighted by Crippen LogP contribution is 2.26. The summed E-state index contributed by atoms with van der Waals surface area (Å²) in [4.78, 5) is 2.39. The van der Waals surface area contributed by atoms with Gasteiger partial charge in [-0.3, -0.25) is 0 Å². The van der Waals surface area contributed by atoms with Gasteiger partial charge < -0.3 is 10.6 Å². The van der Waals surface area contributed by atoms with Crippen LogP contribution in [-0.4, -0.2) is 30.6 Å². The summed E-state index contributed by atoms with van der Waals surface area (Å²) in [6.45, 7) is 2.86. The number of nitrogens with two attached hydrogens (primary N) is 1. The number of piperidine rings is 1. The summed E-state index contributed by atoms with van der Waals surface area (Å²) < 4.78 is 40.1. The average Bonchev–Trinajstić information content (AvgIpc) is 2.65. The number of rotatable bonds is 6. The Bertz CT molecular complexity index is 721. The monoisotopic (exact) mass is 362 g/mol. The third-order valence-corrected chi connectivity index (χ3v) is 5.16. The number of hydrogen-bond donors (Lipinski definition) is 1. The lowest BCUT2D eigenvalue weighted by Gasteiger charge is -2.33. The van der Waals surface area contributed by atoms with E-state index in [1.54, 1.807) is 0 Å². The summed E-state index contributed by atoms with van der Waals surface area (Å²) in [5, 5.41) is 0. The molecule has 1 saturated heterocycles. The Morgan fingerprint density at radius 1 is 1.04 bits per heavy atom. The fourth-order valence-corrected chi connectivity index (χ4v) is 3.71. The van der Waals surface area contributed by atoms with E-state index in [2.05, 4.69) is 29.2 Å². The molecular weight excluding hydrogens is 337 g/mol. The number of hydrogen-bond acceptors (Lipinski definition) is 2. The Balaban J connectivity index is 1.51. The van der Waals surface area contributed by atoms with Crippen LogP contribution in [0.4, 0.5) is 13.2 Å². The highest BCUT2D eigenvalue weighted by atomic mass is 19.2. The quantitative estimate of drug-likeness (QED) is 0.779. The molecular formula is C21H25F3N2. The molecule has 26 heavy (non-hydrogen) atoms. The van der Waals surface area contributed by atoms with Crippen LogP contribution in [0.1, 0.15) is 36.3 Å². The molecule has 1 aliphatic heterocycles. The topological polar surface area (TPSA) is 29.3 Å². The Labute approximate surface area is 152 Å². The van der Waals surface area contributed by atoms with Gasteiger partial charge in [0, 0.05) is 18.7 Å². The molecule has 0 saturated carbocycles. The van der Waals surface area contributed by atoms with Crippen molar-refractivity contribution in [2.45, 2.75) is 37.6 Å². The van der Waals surface area contributed by atoms with Crippen molar-refractivity contribution in [2.75, 3.05) is 19.6 Å². The van der Waals surface area contributed by atoms with Gasteiger partial charge in [-0.15, -0.1) is 0 Å². The van der Waals surface area contributed by atoms with Gasteiger partial charge in [0.25, 0.3) is 0 Å². The molecule has 2 nitrogen and oxygen atoms in total. The Morgan fingerprint density at radius 2 is 1.77 bits per heavy atom. The summed E-state index contributed by atoms with van der Waals surface area (Å²) in [7, 11) is 0. The first-order chi connectivity index (χ1) is 12.5. The van der Waals surface area contributed by atoms with Crippen LogP contribution in [0.2, 0.25) is 0 Å². The first-order valence-electron chi connectivity index (χ1n) is 9.19. The zero-order valence-electron chi connectivity index (χ0n) is 14.8. The first kappa shape index (κ1) is 18.9. The van der Waals surface area contributed by atoms with Crippen LogP contribution >= 0.6 is 0 Å². The van der Waals surface area contributed by atoms with Crippen LogP contribution in [0.25, 0.3) is 0 Å². The molecule has 0 aliphatic carbocycles.